The third-order valence-corrected chi connectivity index (χ3v) is 6.14. The average molecular weight is 388 g/mol. The maximum atomic E-state index is 12.5. The Hall–Kier alpha value is -1.96. The largest absolute Gasteiger partial charge is 0.394 e. The second-order valence-electron chi connectivity index (χ2n) is 7.87. The molecule has 2 unspecified atom stereocenters. The second-order valence-corrected chi connectivity index (χ2v) is 7.87. The molecule has 2 saturated heterocycles. The molecule has 0 radical (unpaired) electrons. The molecule has 2 atom stereocenters. The van der Waals surface area contributed by atoms with Gasteiger partial charge in [0.2, 0.25) is 11.8 Å². The predicted molar refractivity (Wildman–Crippen MR) is 103 cm³/mol. The van der Waals surface area contributed by atoms with Crippen LogP contribution in [0.3, 0.4) is 0 Å². The van der Waals surface area contributed by atoms with Crippen molar-refractivity contribution in [2.24, 2.45) is 5.92 Å². The van der Waals surface area contributed by atoms with E-state index in [2.05, 4.69) is 5.32 Å². The molecule has 7 heteroatoms. The van der Waals surface area contributed by atoms with Gasteiger partial charge < -0.3 is 24.8 Å². The standard InChI is InChI=1S/C21H28N2O5/c24-12-18-20(28-13-19(25)23(18)17-8-10-27-11-9-17)14-4-6-16(7-5-14)22-21(26)15-2-1-3-15/h4-7,15,17-18,20,24H,1-3,8-13H2,(H,22,26). The van der Waals surface area contributed by atoms with E-state index < -0.39 is 6.04 Å². The fourth-order valence-electron chi connectivity index (χ4n) is 4.29. The SMILES string of the molecule is O=C(Nc1ccc(C2OCC(=O)N(C3CCOCC3)C2CO)cc1)C1CCC1. The first-order valence-corrected chi connectivity index (χ1v) is 10.2. The monoisotopic (exact) mass is 388 g/mol. The van der Waals surface area contributed by atoms with Crippen molar-refractivity contribution in [3.63, 3.8) is 0 Å². The van der Waals surface area contributed by atoms with Crippen LogP contribution in [0.25, 0.3) is 0 Å². The summed E-state index contributed by atoms with van der Waals surface area (Å²) in [5, 5.41) is 13.0. The van der Waals surface area contributed by atoms with Gasteiger partial charge in [0, 0.05) is 30.9 Å². The van der Waals surface area contributed by atoms with Crippen molar-refractivity contribution >= 4 is 17.5 Å². The lowest BCUT2D eigenvalue weighted by atomic mass is 9.85. The van der Waals surface area contributed by atoms with E-state index in [1.54, 1.807) is 0 Å². The number of ether oxygens (including phenoxy) is 2. The maximum absolute atomic E-state index is 12.5. The van der Waals surface area contributed by atoms with E-state index in [1.165, 1.54) is 0 Å². The Morgan fingerprint density at radius 3 is 2.46 bits per heavy atom. The van der Waals surface area contributed by atoms with Gasteiger partial charge in [0.15, 0.2) is 0 Å². The number of nitrogens with one attached hydrogen (secondary N) is 1. The lowest BCUT2D eigenvalue weighted by Crippen LogP contribution is -2.57. The summed E-state index contributed by atoms with van der Waals surface area (Å²) in [5.74, 6) is 0.142. The first-order chi connectivity index (χ1) is 13.7. The Kier molecular flexibility index (Phi) is 5.94. The number of carbonyl (C=O) groups excluding carboxylic acids is 2. The van der Waals surface area contributed by atoms with Crippen LogP contribution in [0.4, 0.5) is 5.69 Å². The van der Waals surface area contributed by atoms with Crippen LogP contribution < -0.4 is 5.32 Å². The molecule has 28 heavy (non-hydrogen) atoms. The smallest absolute Gasteiger partial charge is 0.249 e. The van der Waals surface area contributed by atoms with E-state index >= 15 is 0 Å². The van der Waals surface area contributed by atoms with Gasteiger partial charge in [-0.15, -0.1) is 0 Å². The van der Waals surface area contributed by atoms with Crippen LogP contribution in [-0.4, -0.2) is 60.3 Å². The molecule has 3 aliphatic rings. The highest BCUT2D eigenvalue weighted by atomic mass is 16.5. The summed E-state index contributed by atoms with van der Waals surface area (Å²) in [6.45, 7) is 1.12. The van der Waals surface area contributed by atoms with Crippen molar-refractivity contribution in [2.45, 2.75) is 50.3 Å². The summed E-state index contributed by atoms with van der Waals surface area (Å²) in [6.07, 6.45) is 4.23. The summed E-state index contributed by atoms with van der Waals surface area (Å²) < 4.78 is 11.2. The molecule has 0 spiro atoms. The van der Waals surface area contributed by atoms with Crippen LogP contribution in [-0.2, 0) is 19.1 Å². The van der Waals surface area contributed by atoms with Gasteiger partial charge in [-0.1, -0.05) is 18.6 Å². The molecule has 1 saturated carbocycles. The molecule has 1 aliphatic carbocycles. The van der Waals surface area contributed by atoms with Gasteiger partial charge in [-0.2, -0.15) is 0 Å². The normalized spacial score (nSPS) is 26.8. The minimum atomic E-state index is -0.417. The zero-order chi connectivity index (χ0) is 19.5. The molecule has 0 aromatic heterocycles. The number of amides is 2. The highest BCUT2D eigenvalue weighted by molar-refractivity contribution is 5.93. The maximum Gasteiger partial charge on any atom is 0.249 e. The molecule has 7 nitrogen and oxygen atoms in total. The van der Waals surface area contributed by atoms with E-state index in [9.17, 15) is 14.7 Å². The van der Waals surface area contributed by atoms with Crippen molar-refractivity contribution < 1.29 is 24.2 Å². The van der Waals surface area contributed by atoms with Gasteiger partial charge >= 0.3 is 0 Å². The average Bonchev–Trinajstić information content (AvgIpc) is 2.67. The van der Waals surface area contributed by atoms with E-state index in [1.807, 2.05) is 29.2 Å². The Morgan fingerprint density at radius 2 is 1.86 bits per heavy atom. The zero-order valence-corrected chi connectivity index (χ0v) is 16.0. The Morgan fingerprint density at radius 1 is 1.14 bits per heavy atom. The number of hydrogen-bond donors (Lipinski definition) is 2. The number of carbonyl (C=O) groups is 2. The summed E-state index contributed by atoms with van der Waals surface area (Å²) in [4.78, 5) is 26.4. The van der Waals surface area contributed by atoms with Crippen molar-refractivity contribution in [3.05, 3.63) is 29.8 Å². The summed E-state index contributed by atoms with van der Waals surface area (Å²) in [5.41, 5.74) is 1.65. The lowest BCUT2D eigenvalue weighted by Gasteiger charge is -2.45. The molecule has 2 amide bonds. The van der Waals surface area contributed by atoms with E-state index in [0.29, 0.717) is 13.2 Å². The summed E-state index contributed by atoms with van der Waals surface area (Å²) >= 11 is 0. The number of aliphatic hydroxyl groups excluding tert-OH is 1. The molecule has 152 valence electrons. The molecule has 4 rings (SSSR count). The summed E-state index contributed by atoms with van der Waals surface area (Å²) in [6, 6.07) is 7.19. The van der Waals surface area contributed by atoms with Crippen molar-refractivity contribution in [2.75, 3.05) is 31.7 Å². The van der Waals surface area contributed by atoms with Crippen LogP contribution in [0.1, 0.15) is 43.8 Å². The van der Waals surface area contributed by atoms with Crippen LogP contribution >= 0.6 is 0 Å². The molecule has 3 fully saturated rings. The topological polar surface area (TPSA) is 88.1 Å². The Labute approximate surface area is 165 Å². The lowest BCUT2D eigenvalue weighted by molar-refractivity contribution is -0.168. The Bertz CT molecular complexity index is 697. The number of anilines is 1. The molecular formula is C21H28N2O5. The Balaban J connectivity index is 1.47. The van der Waals surface area contributed by atoms with E-state index in [0.717, 1.165) is 43.4 Å². The third-order valence-electron chi connectivity index (χ3n) is 6.14. The van der Waals surface area contributed by atoms with Crippen LogP contribution in [0, 0.1) is 5.92 Å². The second kappa shape index (κ2) is 8.59. The highest BCUT2D eigenvalue weighted by Gasteiger charge is 2.41. The van der Waals surface area contributed by atoms with Crippen LogP contribution in [0.5, 0.6) is 0 Å². The number of benzene rings is 1. The van der Waals surface area contributed by atoms with Crippen molar-refractivity contribution in [3.8, 4) is 0 Å². The fraction of sp³-hybridized carbons (Fsp3) is 0.619. The summed E-state index contributed by atoms with van der Waals surface area (Å²) in [7, 11) is 0. The molecule has 1 aromatic rings. The van der Waals surface area contributed by atoms with Gasteiger partial charge in [0.1, 0.15) is 12.7 Å². The van der Waals surface area contributed by atoms with Crippen molar-refractivity contribution in [1.29, 1.82) is 0 Å². The van der Waals surface area contributed by atoms with Gasteiger partial charge in [-0.25, -0.2) is 0 Å². The van der Waals surface area contributed by atoms with Gasteiger partial charge in [-0.3, -0.25) is 9.59 Å². The van der Waals surface area contributed by atoms with Crippen molar-refractivity contribution in [1.82, 2.24) is 4.90 Å². The molecule has 0 bridgehead atoms. The molecule has 2 N–H and O–H groups in total. The number of aliphatic hydroxyl groups is 1. The van der Waals surface area contributed by atoms with Gasteiger partial charge in [0.05, 0.1) is 12.6 Å². The quantitative estimate of drug-likeness (QED) is 0.804. The minimum Gasteiger partial charge on any atom is -0.394 e. The minimum absolute atomic E-state index is 0.0126. The predicted octanol–water partition coefficient (Wildman–Crippen LogP) is 1.86. The molecular weight excluding hydrogens is 360 g/mol. The van der Waals surface area contributed by atoms with Gasteiger partial charge in [-0.05, 0) is 43.4 Å². The molecule has 2 aliphatic heterocycles. The first kappa shape index (κ1) is 19.4. The molecule has 2 heterocycles. The van der Waals surface area contributed by atoms with Crippen LogP contribution in [0.15, 0.2) is 24.3 Å². The fourth-order valence-corrected chi connectivity index (χ4v) is 4.29. The number of hydrogen-bond acceptors (Lipinski definition) is 5. The van der Waals surface area contributed by atoms with Crippen LogP contribution in [0.2, 0.25) is 0 Å². The van der Waals surface area contributed by atoms with Gasteiger partial charge in [0.25, 0.3) is 0 Å². The number of nitrogens with zero attached hydrogens (tertiary/aromatic N) is 1. The zero-order valence-electron chi connectivity index (χ0n) is 16.0. The number of morpholine rings is 1. The van der Waals surface area contributed by atoms with E-state index in [4.69, 9.17) is 9.47 Å². The molecule has 1 aromatic carbocycles. The number of rotatable bonds is 5. The third kappa shape index (κ3) is 3.92. The van der Waals surface area contributed by atoms with E-state index in [-0.39, 0.29) is 43.1 Å². The highest BCUT2D eigenvalue weighted by Crippen LogP contribution is 2.33. The first-order valence-electron chi connectivity index (χ1n) is 10.2.